The average molecular weight is 263 g/mol. The van der Waals surface area contributed by atoms with Gasteiger partial charge in [0.1, 0.15) is 11.2 Å². The van der Waals surface area contributed by atoms with E-state index in [1.165, 1.54) is 0 Å². The summed E-state index contributed by atoms with van der Waals surface area (Å²) in [6, 6.07) is 11.2. The molecule has 0 aliphatic rings. The maximum absolute atomic E-state index is 8.93. The lowest BCUT2D eigenvalue weighted by Crippen LogP contribution is -1.92. The number of aryl methyl sites for hydroxylation is 1. The minimum absolute atomic E-state index is 0.239. The molecule has 0 unspecified atom stereocenters. The summed E-state index contributed by atoms with van der Waals surface area (Å²) in [5.74, 6) is 0. The highest BCUT2D eigenvalue weighted by molar-refractivity contribution is 6.31. The first-order chi connectivity index (χ1) is 8.11. The molecule has 0 aliphatic carbocycles. The van der Waals surface area contributed by atoms with Crippen molar-refractivity contribution in [1.29, 1.82) is 5.26 Å². The number of hydrogen-bond donors (Lipinski definition) is 0. The Morgan fingerprint density at radius 3 is 2.41 bits per heavy atom. The Hall–Kier alpha value is -1.56. The highest BCUT2D eigenvalue weighted by Gasteiger charge is 2.08. The van der Waals surface area contributed by atoms with Crippen molar-refractivity contribution in [3.8, 4) is 17.2 Å². The number of aromatic nitrogens is 1. The Morgan fingerprint density at radius 1 is 1.18 bits per heavy atom. The highest BCUT2D eigenvalue weighted by Crippen LogP contribution is 2.27. The second-order valence-corrected chi connectivity index (χ2v) is 4.37. The topological polar surface area (TPSA) is 36.7 Å². The zero-order chi connectivity index (χ0) is 12.4. The lowest BCUT2D eigenvalue weighted by atomic mass is 10.0. The van der Waals surface area contributed by atoms with Crippen LogP contribution in [-0.4, -0.2) is 4.98 Å². The molecule has 4 heteroatoms. The van der Waals surface area contributed by atoms with Crippen LogP contribution < -0.4 is 0 Å². The number of rotatable bonds is 1. The first-order valence-corrected chi connectivity index (χ1v) is 5.70. The summed E-state index contributed by atoms with van der Waals surface area (Å²) in [6.07, 6.45) is 0. The molecule has 17 heavy (non-hydrogen) atoms. The standard InChI is InChI=1S/C13H8Cl2N2/c1-8-12(6-10(7-16)13(15)17-8)9-2-4-11(14)5-3-9/h2-6H,1H3. The highest BCUT2D eigenvalue weighted by atomic mass is 35.5. The Labute approximate surface area is 109 Å². The average Bonchev–Trinajstić information content (AvgIpc) is 2.31. The molecule has 0 fully saturated rings. The molecule has 0 saturated heterocycles. The van der Waals surface area contributed by atoms with Crippen molar-refractivity contribution in [3.05, 3.63) is 51.8 Å². The molecular formula is C13H8Cl2N2. The molecule has 0 spiro atoms. The molecule has 0 N–H and O–H groups in total. The maximum atomic E-state index is 8.93. The predicted molar refractivity (Wildman–Crippen MR) is 69.1 cm³/mol. The quantitative estimate of drug-likeness (QED) is 0.721. The first kappa shape index (κ1) is 11.9. The van der Waals surface area contributed by atoms with Crippen LogP contribution in [0.4, 0.5) is 0 Å². The zero-order valence-corrected chi connectivity index (χ0v) is 10.5. The van der Waals surface area contributed by atoms with Crippen molar-refractivity contribution in [3.63, 3.8) is 0 Å². The van der Waals surface area contributed by atoms with Gasteiger partial charge in [0.15, 0.2) is 0 Å². The molecule has 1 heterocycles. The number of benzene rings is 1. The van der Waals surface area contributed by atoms with Gasteiger partial charge in [0.2, 0.25) is 0 Å². The fraction of sp³-hybridized carbons (Fsp3) is 0.0769. The van der Waals surface area contributed by atoms with Gasteiger partial charge in [-0.15, -0.1) is 0 Å². The molecule has 0 saturated carbocycles. The molecule has 2 aromatic rings. The number of halogens is 2. The minimum atomic E-state index is 0.239. The van der Waals surface area contributed by atoms with E-state index < -0.39 is 0 Å². The third-order valence-corrected chi connectivity index (χ3v) is 2.98. The molecule has 0 amide bonds. The number of nitrogens with zero attached hydrogens (tertiary/aromatic N) is 2. The summed E-state index contributed by atoms with van der Waals surface area (Å²) in [7, 11) is 0. The van der Waals surface area contributed by atoms with E-state index in [0.717, 1.165) is 16.8 Å². The molecule has 0 atom stereocenters. The van der Waals surface area contributed by atoms with E-state index >= 15 is 0 Å². The van der Waals surface area contributed by atoms with Gasteiger partial charge in [0.05, 0.1) is 5.56 Å². The predicted octanol–water partition coefficient (Wildman–Crippen LogP) is 4.24. The van der Waals surface area contributed by atoms with Gasteiger partial charge in [-0.05, 0) is 30.7 Å². The smallest absolute Gasteiger partial charge is 0.147 e. The molecular weight excluding hydrogens is 255 g/mol. The van der Waals surface area contributed by atoms with Crippen LogP contribution in [0.3, 0.4) is 0 Å². The summed E-state index contributed by atoms with van der Waals surface area (Å²) in [5, 5.41) is 9.84. The molecule has 1 aromatic heterocycles. The van der Waals surface area contributed by atoms with Crippen LogP contribution in [0.1, 0.15) is 11.3 Å². The van der Waals surface area contributed by atoms with Gasteiger partial charge < -0.3 is 0 Å². The summed E-state index contributed by atoms with van der Waals surface area (Å²) < 4.78 is 0. The fourth-order valence-corrected chi connectivity index (χ4v) is 1.93. The van der Waals surface area contributed by atoms with E-state index in [0.29, 0.717) is 10.6 Å². The number of pyridine rings is 1. The summed E-state index contributed by atoms with van der Waals surface area (Å²) >= 11 is 11.7. The second kappa shape index (κ2) is 4.75. The maximum Gasteiger partial charge on any atom is 0.147 e. The molecule has 0 aliphatic heterocycles. The summed E-state index contributed by atoms with van der Waals surface area (Å²) in [6.45, 7) is 1.86. The van der Waals surface area contributed by atoms with Gasteiger partial charge >= 0.3 is 0 Å². The van der Waals surface area contributed by atoms with Crippen LogP contribution in [0.5, 0.6) is 0 Å². The van der Waals surface area contributed by atoms with Crippen LogP contribution >= 0.6 is 23.2 Å². The van der Waals surface area contributed by atoms with Crippen molar-refractivity contribution in [2.75, 3.05) is 0 Å². The van der Waals surface area contributed by atoms with E-state index in [-0.39, 0.29) is 5.15 Å². The van der Waals surface area contributed by atoms with E-state index in [1.54, 1.807) is 18.2 Å². The van der Waals surface area contributed by atoms with Crippen molar-refractivity contribution in [2.45, 2.75) is 6.92 Å². The minimum Gasteiger partial charge on any atom is -0.239 e. The normalized spacial score (nSPS) is 10.0. The third kappa shape index (κ3) is 2.41. The molecule has 1 aromatic carbocycles. The van der Waals surface area contributed by atoms with Gasteiger partial charge in [-0.25, -0.2) is 4.98 Å². The summed E-state index contributed by atoms with van der Waals surface area (Å²) in [5.41, 5.74) is 3.02. The third-order valence-electron chi connectivity index (χ3n) is 2.44. The fourth-order valence-electron chi connectivity index (χ4n) is 1.58. The summed E-state index contributed by atoms with van der Waals surface area (Å²) in [4.78, 5) is 4.15. The van der Waals surface area contributed by atoms with Crippen molar-refractivity contribution in [2.24, 2.45) is 0 Å². The lowest BCUT2D eigenvalue weighted by Gasteiger charge is -2.07. The molecule has 2 nitrogen and oxygen atoms in total. The van der Waals surface area contributed by atoms with E-state index in [9.17, 15) is 0 Å². The van der Waals surface area contributed by atoms with Gasteiger partial charge in [-0.2, -0.15) is 5.26 Å². The van der Waals surface area contributed by atoms with Gasteiger partial charge in [-0.1, -0.05) is 35.3 Å². The molecule has 84 valence electrons. The van der Waals surface area contributed by atoms with Crippen LogP contribution in [0.15, 0.2) is 30.3 Å². The van der Waals surface area contributed by atoms with Gasteiger partial charge in [0, 0.05) is 16.3 Å². The van der Waals surface area contributed by atoms with Crippen LogP contribution in [0.2, 0.25) is 10.2 Å². The van der Waals surface area contributed by atoms with Gasteiger partial charge in [-0.3, -0.25) is 0 Å². The Kier molecular flexibility index (Phi) is 3.33. The van der Waals surface area contributed by atoms with Crippen LogP contribution in [0, 0.1) is 18.3 Å². The van der Waals surface area contributed by atoms with Gasteiger partial charge in [0.25, 0.3) is 0 Å². The van der Waals surface area contributed by atoms with E-state index in [1.807, 2.05) is 25.1 Å². The van der Waals surface area contributed by atoms with Crippen LogP contribution in [-0.2, 0) is 0 Å². The van der Waals surface area contributed by atoms with Crippen molar-refractivity contribution in [1.82, 2.24) is 4.98 Å². The monoisotopic (exact) mass is 262 g/mol. The Morgan fingerprint density at radius 2 is 1.82 bits per heavy atom. The number of nitriles is 1. The zero-order valence-electron chi connectivity index (χ0n) is 9.04. The SMILES string of the molecule is Cc1nc(Cl)c(C#N)cc1-c1ccc(Cl)cc1. The second-order valence-electron chi connectivity index (χ2n) is 3.58. The molecule has 0 radical (unpaired) electrons. The first-order valence-electron chi connectivity index (χ1n) is 4.95. The molecule has 2 rings (SSSR count). The van der Waals surface area contributed by atoms with Crippen LogP contribution in [0.25, 0.3) is 11.1 Å². The van der Waals surface area contributed by atoms with Crippen molar-refractivity contribution >= 4 is 23.2 Å². The number of hydrogen-bond acceptors (Lipinski definition) is 2. The van der Waals surface area contributed by atoms with E-state index in [2.05, 4.69) is 4.98 Å². The lowest BCUT2D eigenvalue weighted by molar-refractivity contribution is 1.19. The largest absolute Gasteiger partial charge is 0.239 e. The Bertz CT molecular complexity index is 598. The van der Waals surface area contributed by atoms with E-state index in [4.69, 9.17) is 28.5 Å². The van der Waals surface area contributed by atoms with Crippen molar-refractivity contribution < 1.29 is 0 Å². The molecule has 0 bridgehead atoms. The Balaban J connectivity index is 2.60.